The lowest BCUT2D eigenvalue weighted by Crippen LogP contribution is -2.44. The molecule has 0 aliphatic carbocycles. The van der Waals surface area contributed by atoms with Gasteiger partial charge < -0.3 is 10.2 Å². The first kappa shape index (κ1) is 11.8. The van der Waals surface area contributed by atoms with Gasteiger partial charge in [-0.1, -0.05) is 19.1 Å². The minimum Gasteiger partial charge on any atom is -0.450 e. The third-order valence-electron chi connectivity index (χ3n) is 2.97. The third-order valence-corrected chi connectivity index (χ3v) is 2.97. The molecule has 1 aromatic heterocycles. The molecule has 1 aromatic carbocycles. The number of para-hydroxylation sites is 1. The Morgan fingerprint density at radius 2 is 2.24 bits per heavy atom. The van der Waals surface area contributed by atoms with Crippen molar-refractivity contribution >= 4 is 16.8 Å². The molecule has 4 heteroatoms. The summed E-state index contributed by atoms with van der Waals surface area (Å²) in [6.07, 6.45) is 0.491. The molecule has 0 bridgehead atoms. The van der Waals surface area contributed by atoms with Crippen LogP contribution in [0.3, 0.4) is 0 Å². The fraction of sp³-hybridized carbons (Fsp3) is 0.308. The monoisotopic (exact) mass is 235 g/mol. The van der Waals surface area contributed by atoms with E-state index in [1.165, 1.54) is 12.1 Å². The van der Waals surface area contributed by atoms with E-state index in [2.05, 4.69) is 0 Å². The Hall–Kier alpha value is -1.68. The minimum absolute atomic E-state index is 0.0998. The van der Waals surface area contributed by atoms with E-state index >= 15 is 0 Å². The lowest BCUT2D eigenvalue weighted by molar-refractivity contribution is 0.0871. The van der Waals surface area contributed by atoms with Gasteiger partial charge in [-0.05, 0) is 25.5 Å². The average molecular weight is 235 g/mol. The molecule has 17 heavy (non-hydrogen) atoms. The van der Waals surface area contributed by atoms with Crippen LogP contribution in [0.15, 0.2) is 28.7 Å². The van der Waals surface area contributed by atoms with Crippen LogP contribution in [0, 0.1) is 5.82 Å². The van der Waals surface area contributed by atoms with Gasteiger partial charge in [-0.3, -0.25) is 4.79 Å². The number of Topliss-reactive ketones (excluding diaryl/α,β-unsaturated/α-hetero) is 1. The van der Waals surface area contributed by atoms with Crippen molar-refractivity contribution in [3.8, 4) is 0 Å². The summed E-state index contributed by atoms with van der Waals surface area (Å²) in [5.74, 6) is -0.677. The quantitative estimate of drug-likeness (QED) is 0.832. The maximum absolute atomic E-state index is 13.4. The van der Waals surface area contributed by atoms with Crippen molar-refractivity contribution in [2.45, 2.75) is 25.8 Å². The van der Waals surface area contributed by atoms with Crippen molar-refractivity contribution in [3.63, 3.8) is 0 Å². The lowest BCUT2D eigenvalue weighted by atomic mass is 9.93. The first-order chi connectivity index (χ1) is 7.95. The molecule has 2 aromatic rings. The predicted octanol–water partition coefficient (Wildman–Crippen LogP) is 2.88. The number of nitrogens with two attached hydrogens (primary N) is 1. The van der Waals surface area contributed by atoms with Gasteiger partial charge in [0.2, 0.25) is 5.78 Å². The molecule has 0 aliphatic heterocycles. The SMILES string of the molecule is CCC(C)(N)C(=O)c1cc2cccc(F)c2o1. The normalized spacial score (nSPS) is 14.8. The Balaban J connectivity index is 2.51. The van der Waals surface area contributed by atoms with Crippen molar-refractivity contribution in [1.29, 1.82) is 0 Å². The maximum atomic E-state index is 13.4. The second-order valence-electron chi connectivity index (χ2n) is 4.37. The van der Waals surface area contributed by atoms with Gasteiger partial charge in [0.05, 0.1) is 5.54 Å². The van der Waals surface area contributed by atoms with Crippen molar-refractivity contribution in [2.24, 2.45) is 5.73 Å². The van der Waals surface area contributed by atoms with Gasteiger partial charge in [-0.2, -0.15) is 0 Å². The number of hydrogen-bond acceptors (Lipinski definition) is 3. The third kappa shape index (κ3) is 1.96. The molecular formula is C13H14FNO2. The van der Waals surface area contributed by atoms with Gasteiger partial charge in [0, 0.05) is 5.39 Å². The summed E-state index contributed by atoms with van der Waals surface area (Å²) in [5, 5.41) is 0.570. The van der Waals surface area contributed by atoms with Gasteiger partial charge in [-0.15, -0.1) is 0 Å². The van der Waals surface area contributed by atoms with Gasteiger partial charge >= 0.3 is 0 Å². The molecule has 0 radical (unpaired) electrons. The summed E-state index contributed by atoms with van der Waals surface area (Å²) in [6.45, 7) is 3.46. The number of fused-ring (bicyclic) bond motifs is 1. The summed E-state index contributed by atoms with van der Waals surface area (Å²) in [5.41, 5.74) is 4.97. The molecule has 1 unspecified atom stereocenters. The van der Waals surface area contributed by atoms with E-state index in [4.69, 9.17) is 10.2 Å². The Labute approximate surface area is 98.4 Å². The van der Waals surface area contributed by atoms with E-state index in [1.54, 1.807) is 19.1 Å². The number of halogens is 1. The van der Waals surface area contributed by atoms with Crippen LogP contribution in [0.2, 0.25) is 0 Å². The second kappa shape index (κ2) is 3.96. The van der Waals surface area contributed by atoms with Crippen molar-refractivity contribution in [2.75, 3.05) is 0 Å². The second-order valence-corrected chi connectivity index (χ2v) is 4.37. The largest absolute Gasteiger partial charge is 0.450 e. The smallest absolute Gasteiger partial charge is 0.217 e. The average Bonchev–Trinajstić information content (AvgIpc) is 2.73. The topological polar surface area (TPSA) is 56.2 Å². The molecule has 0 saturated carbocycles. The van der Waals surface area contributed by atoms with Gasteiger partial charge in [-0.25, -0.2) is 4.39 Å². The molecule has 1 heterocycles. The van der Waals surface area contributed by atoms with Crippen LogP contribution in [0.25, 0.3) is 11.0 Å². The van der Waals surface area contributed by atoms with Gasteiger partial charge in [0.25, 0.3) is 0 Å². The minimum atomic E-state index is -0.982. The van der Waals surface area contributed by atoms with Crippen molar-refractivity contribution in [1.82, 2.24) is 0 Å². The summed E-state index contributed by atoms with van der Waals surface area (Å²) in [4.78, 5) is 12.0. The number of rotatable bonds is 3. The van der Waals surface area contributed by atoms with Crippen LogP contribution in [0.4, 0.5) is 4.39 Å². The molecule has 2 N–H and O–H groups in total. The maximum Gasteiger partial charge on any atom is 0.217 e. The Kier molecular flexibility index (Phi) is 2.75. The first-order valence-electron chi connectivity index (χ1n) is 5.47. The van der Waals surface area contributed by atoms with E-state index in [-0.39, 0.29) is 17.1 Å². The van der Waals surface area contributed by atoms with Crippen LogP contribution in [-0.2, 0) is 0 Å². The predicted molar refractivity (Wildman–Crippen MR) is 63.4 cm³/mol. The van der Waals surface area contributed by atoms with Crippen LogP contribution < -0.4 is 5.73 Å². The number of ketones is 1. The van der Waals surface area contributed by atoms with E-state index in [0.717, 1.165) is 0 Å². The van der Waals surface area contributed by atoms with E-state index in [1.807, 2.05) is 6.92 Å². The molecule has 90 valence electrons. The molecule has 2 rings (SSSR count). The molecule has 0 amide bonds. The summed E-state index contributed by atoms with van der Waals surface area (Å²) in [7, 11) is 0. The molecule has 0 spiro atoms. The number of benzene rings is 1. The summed E-state index contributed by atoms with van der Waals surface area (Å²) < 4.78 is 18.6. The zero-order valence-corrected chi connectivity index (χ0v) is 9.79. The fourth-order valence-electron chi connectivity index (χ4n) is 1.58. The van der Waals surface area contributed by atoms with E-state index < -0.39 is 11.4 Å². The van der Waals surface area contributed by atoms with Crippen LogP contribution >= 0.6 is 0 Å². The van der Waals surface area contributed by atoms with Crippen molar-refractivity contribution in [3.05, 3.63) is 35.8 Å². The Morgan fingerprint density at radius 3 is 2.82 bits per heavy atom. The highest BCUT2D eigenvalue weighted by atomic mass is 19.1. The molecule has 3 nitrogen and oxygen atoms in total. The Morgan fingerprint density at radius 1 is 1.53 bits per heavy atom. The highest BCUT2D eigenvalue weighted by molar-refractivity contribution is 6.03. The summed E-state index contributed by atoms with van der Waals surface area (Å²) >= 11 is 0. The molecular weight excluding hydrogens is 221 g/mol. The van der Waals surface area contributed by atoms with E-state index in [0.29, 0.717) is 11.8 Å². The van der Waals surface area contributed by atoms with Crippen LogP contribution in [0.5, 0.6) is 0 Å². The zero-order valence-electron chi connectivity index (χ0n) is 9.79. The van der Waals surface area contributed by atoms with Gasteiger partial charge in [0.1, 0.15) is 0 Å². The fourth-order valence-corrected chi connectivity index (χ4v) is 1.58. The number of hydrogen-bond donors (Lipinski definition) is 1. The van der Waals surface area contributed by atoms with Gasteiger partial charge in [0.15, 0.2) is 17.2 Å². The van der Waals surface area contributed by atoms with Crippen LogP contribution in [-0.4, -0.2) is 11.3 Å². The highest BCUT2D eigenvalue weighted by Gasteiger charge is 2.30. The molecule has 1 atom stereocenters. The highest BCUT2D eigenvalue weighted by Crippen LogP contribution is 2.24. The summed E-state index contributed by atoms with van der Waals surface area (Å²) in [6, 6.07) is 6.09. The Bertz CT molecular complexity index is 572. The number of carbonyl (C=O) groups excluding carboxylic acids is 1. The van der Waals surface area contributed by atoms with Crippen LogP contribution in [0.1, 0.15) is 30.8 Å². The zero-order chi connectivity index (χ0) is 12.6. The number of furan rings is 1. The van der Waals surface area contributed by atoms with E-state index in [9.17, 15) is 9.18 Å². The molecule has 0 aliphatic rings. The standard InChI is InChI=1S/C13H14FNO2/c1-3-13(2,15)12(16)10-7-8-5-4-6-9(14)11(8)17-10/h4-7H,3,15H2,1-2H3. The van der Waals surface area contributed by atoms with Crippen molar-refractivity contribution < 1.29 is 13.6 Å². The molecule has 0 fully saturated rings. The lowest BCUT2D eigenvalue weighted by Gasteiger charge is -2.18. The molecule has 0 saturated heterocycles. The first-order valence-corrected chi connectivity index (χ1v) is 5.47. The number of carbonyl (C=O) groups is 1.